The van der Waals surface area contributed by atoms with Crippen LogP contribution in [0.25, 0.3) is 0 Å². The van der Waals surface area contributed by atoms with Crippen LogP contribution in [-0.2, 0) is 9.47 Å². The average molecular weight is 360 g/mol. The molecule has 0 saturated carbocycles. The second-order valence-corrected chi connectivity index (χ2v) is 7.11. The minimum Gasteiger partial charge on any atom is -0.471 e. The molecule has 0 bridgehead atoms. The van der Waals surface area contributed by atoms with Crippen LogP contribution in [0.5, 0.6) is 0 Å². The van der Waals surface area contributed by atoms with Crippen molar-refractivity contribution in [2.24, 2.45) is 4.99 Å². The lowest BCUT2D eigenvalue weighted by Crippen LogP contribution is -2.29. The van der Waals surface area contributed by atoms with E-state index in [-0.39, 0.29) is 5.90 Å². The Morgan fingerprint density at radius 2 is 2.00 bits per heavy atom. The van der Waals surface area contributed by atoms with Gasteiger partial charge >= 0.3 is 6.18 Å². The predicted octanol–water partition coefficient (Wildman–Crippen LogP) is 4.07. The minimum absolute atomic E-state index is 0.225. The van der Waals surface area contributed by atoms with Crippen molar-refractivity contribution in [2.75, 3.05) is 32.8 Å². The average Bonchev–Trinajstić information content (AvgIpc) is 2.73. The summed E-state index contributed by atoms with van der Waals surface area (Å²) in [6.45, 7) is 2.50. The van der Waals surface area contributed by atoms with Gasteiger partial charge in [0.05, 0.1) is 6.10 Å². The summed E-state index contributed by atoms with van der Waals surface area (Å²) in [6, 6.07) is 0. The highest BCUT2D eigenvalue weighted by atomic mass is 19.4. The zero-order valence-corrected chi connectivity index (χ0v) is 14.6. The van der Waals surface area contributed by atoms with Crippen LogP contribution < -0.4 is 0 Å². The molecule has 0 N–H and O–H groups in total. The lowest BCUT2D eigenvalue weighted by molar-refractivity contribution is -0.156. The van der Waals surface area contributed by atoms with Gasteiger partial charge < -0.3 is 14.4 Å². The maximum atomic E-state index is 12.2. The normalized spacial score (nSPS) is 26.0. The van der Waals surface area contributed by atoms with E-state index in [1.807, 2.05) is 0 Å². The summed E-state index contributed by atoms with van der Waals surface area (Å²) in [5.74, 6) is 0.225. The zero-order valence-electron chi connectivity index (χ0n) is 14.6. The van der Waals surface area contributed by atoms with E-state index in [9.17, 15) is 13.2 Å². The summed E-state index contributed by atoms with van der Waals surface area (Å²) in [5.41, 5.74) is 2.08. The van der Waals surface area contributed by atoms with Crippen molar-refractivity contribution in [1.82, 2.24) is 4.90 Å². The van der Waals surface area contributed by atoms with Gasteiger partial charge in [-0.25, -0.2) is 4.99 Å². The molecule has 1 saturated heterocycles. The molecule has 0 unspecified atom stereocenters. The first kappa shape index (κ1) is 18.7. The molecule has 3 heterocycles. The minimum atomic E-state index is -4.31. The first-order valence-electron chi connectivity index (χ1n) is 9.31. The lowest BCUT2D eigenvalue weighted by atomic mass is 10.1. The molecule has 0 radical (unpaired) electrons. The molecule has 0 aromatic heterocycles. The van der Waals surface area contributed by atoms with E-state index in [0.717, 1.165) is 63.2 Å². The van der Waals surface area contributed by atoms with Gasteiger partial charge in [0.1, 0.15) is 0 Å². The van der Waals surface area contributed by atoms with Gasteiger partial charge in [-0.05, 0) is 31.3 Å². The van der Waals surface area contributed by atoms with Gasteiger partial charge in [0, 0.05) is 44.8 Å². The number of hydrogen-bond acceptors (Lipinski definition) is 4. The van der Waals surface area contributed by atoms with Crippen LogP contribution in [0, 0.1) is 0 Å². The van der Waals surface area contributed by atoms with Crippen LogP contribution in [0.4, 0.5) is 13.2 Å². The third-order valence-electron chi connectivity index (χ3n) is 5.12. The smallest absolute Gasteiger partial charge is 0.422 e. The molecule has 0 aromatic rings. The Kier molecular flexibility index (Phi) is 6.39. The molecule has 1 fully saturated rings. The van der Waals surface area contributed by atoms with Crippen molar-refractivity contribution in [3.05, 3.63) is 11.3 Å². The molecule has 3 rings (SSSR count). The van der Waals surface area contributed by atoms with Crippen LogP contribution in [0.3, 0.4) is 0 Å². The summed E-state index contributed by atoms with van der Waals surface area (Å²) in [7, 11) is 0. The highest BCUT2D eigenvalue weighted by molar-refractivity contribution is 5.82. The van der Waals surface area contributed by atoms with Gasteiger partial charge in [0.2, 0.25) is 0 Å². The SMILES string of the molecule is FC(F)(F)COC1=NC2=C(CCN(CC[C@H]3CCCCCO3)CC2)C1. The highest BCUT2D eigenvalue weighted by Gasteiger charge is 2.31. The van der Waals surface area contributed by atoms with Crippen molar-refractivity contribution in [3.8, 4) is 0 Å². The van der Waals surface area contributed by atoms with Gasteiger partial charge in [0.25, 0.3) is 0 Å². The standard InChI is InChI=1S/C18H27F3N2O2/c19-18(20,21)13-25-17-12-14-5-8-23(10-7-16(14)22-17)9-6-15-4-2-1-3-11-24-15/h15H,1-13H2/t15-/m1/s1. The lowest BCUT2D eigenvalue weighted by Gasteiger charge is -2.23. The molecule has 0 amide bonds. The van der Waals surface area contributed by atoms with Gasteiger partial charge in [-0.15, -0.1) is 0 Å². The first-order valence-corrected chi connectivity index (χ1v) is 9.31. The van der Waals surface area contributed by atoms with Crippen molar-refractivity contribution in [1.29, 1.82) is 0 Å². The third kappa shape index (κ3) is 5.99. The number of halogens is 3. The molecule has 0 aliphatic carbocycles. The molecule has 25 heavy (non-hydrogen) atoms. The maximum absolute atomic E-state index is 12.2. The maximum Gasteiger partial charge on any atom is 0.422 e. The molecule has 1 atom stereocenters. The molecule has 4 nitrogen and oxygen atoms in total. The van der Waals surface area contributed by atoms with Gasteiger partial charge in [0.15, 0.2) is 12.5 Å². The van der Waals surface area contributed by atoms with E-state index in [0.29, 0.717) is 12.5 Å². The van der Waals surface area contributed by atoms with Crippen molar-refractivity contribution in [2.45, 2.75) is 63.6 Å². The quantitative estimate of drug-likeness (QED) is 0.758. The van der Waals surface area contributed by atoms with E-state index in [1.54, 1.807) is 0 Å². The van der Waals surface area contributed by atoms with Crippen LogP contribution >= 0.6 is 0 Å². The summed E-state index contributed by atoms with van der Waals surface area (Å²) in [6.07, 6.45) is 4.09. The zero-order chi connectivity index (χ0) is 17.7. The fourth-order valence-corrected chi connectivity index (χ4v) is 3.70. The van der Waals surface area contributed by atoms with E-state index < -0.39 is 12.8 Å². The van der Waals surface area contributed by atoms with Crippen LogP contribution in [0.15, 0.2) is 16.3 Å². The topological polar surface area (TPSA) is 34.1 Å². The summed E-state index contributed by atoms with van der Waals surface area (Å²) in [4.78, 5) is 6.72. The molecular weight excluding hydrogens is 333 g/mol. The van der Waals surface area contributed by atoms with Crippen LogP contribution in [-0.4, -0.2) is 55.9 Å². The Labute approximate surface area is 147 Å². The van der Waals surface area contributed by atoms with E-state index in [1.165, 1.54) is 19.3 Å². The van der Waals surface area contributed by atoms with E-state index >= 15 is 0 Å². The molecule has 3 aliphatic heterocycles. The largest absolute Gasteiger partial charge is 0.471 e. The number of ether oxygens (including phenoxy) is 2. The van der Waals surface area contributed by atoms with Gasteiger partial charge in [-0.2, -0.15) is 13.2 Å². The second-order valence-electron chi connectivity index (χ2n) is 7.11. The fourth-order valence-electron chi connectivity index (χ4n) is 3.70. The Hall–Kier alpha value is -1.08. The van der Waals surface area contributed by atoms with E-state index in [2.05, 4.69) is 9.89 Å². The number of nitrogens with zero attached hydrogens (tertiary/aromatic N) is 2. The molecule has 0 aromatic carbocycles. The molecular formula is C18H27F3N2O2. The summed E-state index contributed by atoms with van der Waals surface area (Å²) < 4.78 is 47.5. The molecule has 3 aliphatic rings. The molecule has 142 valence electrons. The van der Waals surface area contributed by atoms with Crippen molar-refractivity contribution < 1.29 is 22.6 Å². The summed E-state index contributed by atoms with van der Waals surface area (Å²) >= 11 is 0. The van der Waals surface area contributed by atoms with Crippen molar-refractivity contribution in [3.63, 3.8) is 0 Å². The number of alkyl halides is 3. The Bertz CT molecular complexity index is 509. The predicted molar refractivity (Wildman–Crippen MR) is 89.6 cm³/mol. The highest BCUT2D eigenvalue weighted by Crippen LogP contribution is 2.29. The number of hydrogen-bond donors (Lipinski definition) is 0. The molecule has 0 spiro atoms. The molecule has 7 heteroatoms. The Balaban J connectivity index is 1.41. The van der Waals surface area contributed by atoms with Crippen LogP contribution in [0.2, 0.25) is 0 Å². The third-order valence-corrected chi connectivity index (χ3v) is 5.12. The second kappa shape index (κ2) is 8.54. The first-order chi connectivity index (χ1) is 12.0. The summed E-state index contributed by atoms with van der Waals surface area (Å²) in [5, 5.41) is 0. The van der Waals surface area contributed by atoms with Crippen LogP contribution in [0.1, 0.15) is 51.4 Å². The number of rotatable bonds is 4. The Morgan fingerprint density at radius 3 is 2.84 bits per heavy atom. The van der Waals surface area contributed by atoms with Gasteiger partial charge in [-0.1, -0.05) is 12.8 Å². The monoisotopic (exact) mass is 360 g/mol. The van der Waals surface area contributed by atoms with Crippen molar-refractivity contribution >= 4 is 5.90 Å². The number of aliphatic imine (C=N–C) groups is 1. The van der Waals surface area contributed by atoms with Gasteiger partial charge in [-0.3, -0.25) is 0 Å². The van der Waals surface area contributed by atoms with E-state index in [4.69, 9.17) is 9.47 Å². The fraction of sp³-hybridized carbons (Fsp3) is 0.833. The Morgan fingerprint density at radius 1 is 1.16 bits per heavy atom.